The van der Waals surface area contributed by atoms with Crippen molar-refractivity contribution >= 4 is 17.7 Å². The topological polar surface area (TPSA) is 134 Å². The molecular formula is C26H31NO8. The van der Waals surface area contributed by atoms with Crippen LogP contribution in [0.1, 0.15) is 50.7 Å². The number of rotatable bonds is 7. The lowest BCUT2D eigenvalue weighted by Crippen LogP contribution is -2.74. The fourth-order valence-corrected chi connectivity index (χ4v) is 6.57. The number of likely N-dealkylation sites (N-methyl/N-ethyl adjacent to an activating group) is 1. The van der Waals surface area contributed by atoms with Crippen molar-refractivity contribution < 1.29 is 39.2 Å². The minimum absolute atomic E-state index is 0.0378. The first kappa shape index (κ1) is 23.8. The van der Waals surface area contributed by atoms with Gasteiger partial charge in [0, 0.05) is 30.4 Å². The molecule has 1 aromatic rings. The molecule has 2 aliphatic carbocycles. The van der Waals surface area contributed by atoms with Crippen LogP contribution in [0.5, 0.6) is 11.5 Å². The molecule has 1 spiro atoms. The van der Waals surface area contributed by atoms with Crippen LogP contribution in [0.15, 0.2) is 24.0 Å². The van der Waals surface area contributed by atoms with Gasteiger partial charge in [-0.2, -0.15) is 0 Å². The Bertz CT molecular complexity index is 1140. The van der Waals surface area contributed by atoms with E-state index >= 15 is 0 Å². The van der Waals surface area contributed by atoms with E-state index in [4.69, 9.17) is 9.47 Å². The van der Waals surface area contributed by atoms with Gasteiger partial charge in [-0.3, -0.25) is 14.4 Å². The summed E-state index contributed by atoms with van der Waals surface area (Å²) in [6.07, 6.45) is 1.39. The van der Waals surface area contributed by atoms with Crippen LogP contribution in [-0.4, -0.2) is 69.3 Å². The number of carbonyl (C=O) groups excluding carboxylic acids is 2. The Labute approximate surface area is 203 Å². The number of esters is 1. The highest BCUT2D eigenvalue weighted by atomic mass is 16.6. The minimum atomic E-state index is -1.20. The molecule has 3 N–H and O–H groups in total. The Morgan fingerprint density at radius 3 is 2.69 bits per heavy atom. The first-order valence-electron chi connectivity index (χ1n) is 12.1. The molecule has 1 aromatic carbocycles. The number of ether oxygens (including phenoxy) is 2. The highest BCUT2D eigenvalue weighted by Crippen LogP contribution is 2.65. The normalized spacial score (nSPS) is 31.3. The zero-order valence-electron chi connectivity index (χ0n) is 20.1. The summed E-state index contributed by atoms with van der Waals surface area (Å²) in [6.45, 7) is 4.08. The molecule has 1 saturated heterocycles. The zero-order chi connectivity index (χ0) is 25.3. The highest BCUT2D eigenvalue weighted by Gasteiger charge is 2.72. The highest BCUT2D eigenvalue weighted by molar-refractivity contribution is 5.88. The number of carboxylic acid groups (broad SMARTS) is 1. The van der Waals surface area contributed by atoms with Gasteiger partial charge in [0.2, 0.25) is 0 Å². The average molecular weight is 486 g/mol. The van der Waals surface area contributed by atoms with E-state index in [2.05, 4.69) is 4.90 Å². The van der Waals surface area contributed by atoms with Crippen LogP contribution >= 0.6 is 0 Å². The van der Waals surface area contributed by atoms with Gasteiger partial charge in [0.05, 0.1) is 23.4 Å². The summed E-state index contributed by atoms with van der Waals surface area (Å²) in [5.41, 5.74) is -0.346. The third-order valence-electron chi connectivity index (χ3n) is 8.42. The number of ketones is 1. The van der Waals surface area contributed by atoms with Crippen molar-refractivity contribution in [2.45, 2.75) is 69.1 Å². The molecule has 4 aliphatic rings. The van der Waals surface area contributed by atoms with E-state index in [9.17, 15) is 29.7 Å². The number of phenolic OH excluding ortho intramolecular Hbond substituents is 1. The summed E-state index contributed by atoms with van der Waals surface area (Å²) in [7, 11) is 1.98. The van der Waals surface area contributed by atoms with Gasteiger partial charge in [0.1, 0.15) is 11.5 Å². The smallest absolute Gasteiger partial charge is 0.315 e. The summed E-state index contributed by atoms with van der Waals surface area (Å²) in [4.78, 5) is 39.0. The summed E-state index contributed by atoms with van der Waals surface area (Å²) in [5, 5.41) is 32.0. The second-order valence-electron chi connectivity index (χ2n) is 10.6. The lowest BCUT2D eigenvalue weighted by molar-refractivity contribution is -0.171. The van der Waals surface area contributed by atoms with Gasteiger partial charge in [0.15, 0.2) is 17.6 Å². The molecule has 0 amide bonds. The van der Waals surface area contributed by atoms with Crippen molar-refractivity contribution in [2.24, 2.45) is 11.8 Å². The third-order valence-corrected chi connectivity index (χ3v) is 8.42. The first-order valence-corrected chi connectivity index (χ1v) is 12.1. The Morgan fingerprint density at radius 1 is 1.26 bits per heavy atom. The molecule has 188 valence electrons. The predicted octanol–water partition coefficient (Wildman–Crippen LogP) is 1.92. The van der Waals surface area contributed by atoms with E-state index in [-0.39, 0.29) is 42.1 Å². The minimum Gasteiger partial charge on any atom is -0.504 e. The second-order valence-corrected chi connectivity index (χ2v) is 10.6. The lowest BCUT2D eigenvalue weighted by atomic mass is 9.50. The van der Waals surface area contributed by atoms with Crippen molar-refractivity contribution in [3.63, 3.8) is 0 Å². The lowest BCUT2D eigenvalue weighted by Gasteiger charge is -2.61. The molecule has 5 rings (SSSR count). The van der Waals surface area contributed by atoms with E-state index in [1.54, 1.807) is 26.0 Å². The van der Waals surface area contributed by atoms with E-state index in [1.165, 1.54) is 0 Å². The number of aromatic hydroxyl groups is 1. The third kappa shape index (κ3) is 3.31. The SMILES string of the molecule is CC(C)C(=O)C[C@@H](CC(=O)O)C(=O)OC1=CC[C@@]2(O)[C@H]3Cc4ccc(O)c5c4[C@@]2(CCN3C)[C@H]1O5. The Hall–Kier alpha value is -2.91. The molecule has 2 bridgehead atoms. The van der Waals surface area contributed by atoms with Crippen LogP contribution in [0.3, 0.4) is 0 Å². The first-order chi connectivity index (χ1) is 16.5. The van der Waals surface area contributed by atoms with E-state index in [0.29, 0.717) is 25.1 Å². The van der Waals surface area contributed by atoms with Crippen molar-refractivity contribution in [3.05, 3.63) is 35.1 Å². The molecule has 9 heteroatoms. The number of piperidine rings is 1. The quantitative estimate of drug-likeness (QED) is 0.495. The van der Waals surface area contributed by atoms with Crippen LogP contribution < -0.4 is 4.74 Å². The van der Waals surface area contributed by atoms with Gasteiger partial charge in [-0.1, -0.05) is 19.9 Å². The molecule has 0 radical (unpaired) electrons. The van der Waals surface area contributed by atoms with Gasteiger partial charge in [0.25, 0.3) is 0 Å². The number of aliphatic carboxylic acids is 1. The molecule has 1 fully saturated rings. The molecule has 0 saturated carbocycles. The number of benzene rings is 1. The van der Waals surface area contributed by atoms with Gasteiger partial charge in [-0.05, 0) is 44.1 Å². The average Bonchev–Trinajstić information content (AvgIpc) is 3.15. The summed E-state index contributed by atoms with van der Waals surface area (Å²) < 4.78 is 12.0. The standard InChI is InChI=1S/C26H31NO8/c1-13(2)17(29)10-15(12-20(30)31)24(32)34-18-6-7-26(33)19-11-14-4-5-16(28)22-21(14)25(26,23(18)35-22)8-9-27(19)3/h4-6,13,15,19,23,28,33H,7-12H2,1-3H3,(H,30,31)/t15-,19+,23-,25-,26+/m0/s1. The molecule has 2 heterocycles. The zero-order valence-corrected chi connectivity index (χ0v) is 20.1. The Kier molecular flexibility index (Phi) is 5.49. The summed E-state index contributed by atoms with van der Waals surface area (Å²) in [5.74, 6) is -3.24. The Balaban J connectivity index is 1.52. The summed E-state index contributed by atoms with van der Waals surface area (Å²) >= 11 is 0. The number of carboxylic acids is 1. The second kappa shape index (κ2) is 8.06. The number of phenols is 1. The van der Waals surface area contributed by atoms with Crippen molar-refractivity contribution in [1.82, 2.24) is 4.90 Å². The number of likely N-dealkylation sites (tertiary alicyclic amines) is 1. The summed E-state index contributed by atoms with van der Waals surface area (Å²) in [6, 6.07) is 3.26. The van der Waals surface area contributed by atoms with Crippen molar-refractivity contribution in [2.75, 3.05) is 13.6 Å². The maximum atomic E-state index is 13.1. The molecule has 0 unspecified atom stereocenters. The van der Waals surface area contributed by atoms with Gasteiger partial charge in [-0.25, -0.2) is 0 Å². The molecule has 5 atom stereocenters. The number of hydrogen-bond acceptors (Lipinski definition) is 8. The number of carbonyl (C=O) groups is 3. The number of Topliss-reactive ketones (excluding diaryl/α,β-unsaturated/α-hetero) is 1. The fourth-order valence-electron chi connectivity index (χ4n) is 6.57. The Morgan fingerprint density at radius 2 is 2.00 bits per heavy atom. The largest absolute Gasteiger partial charge is 0.504 e. The van der Waals surface area contributed by atoms with Crippen LogP contribution in [0.4, 0.5) is 0 Å². The molecule has 9 nitrogen and oxygen atoms in total. The maximum absolute atomic E-state index is 13.1. The predicted molar refractivity (Wildman–Crippen MR) is 123 cm³/mol. The number of hydrogen-bond donors (Lipinski definition) is 3. The van der Waals surface area contributed by atoms with Gasteiger partial charge in [-0.15, -0.1) is 0 Å². The molecule has 2 aliphatic heterocycles. The number of aliphatic hydroxyl groups is 1. The molecule has 35 heavy (non-hydrogen) atoms. The molecular weight excluding hydrogens is 454 g/mol. The maximum Gasteiger partial charge on any atom is 0.315 e. The fraction of sp³-hybridized carbons (Fsp3) is 0.577. The van der Waals surface area contributed by atoms with Crippen molar-refractivity contribution in [3.8, 4) is 11.5 Å². The van der Waals surface area contributed by atoms with Gasteiger partial charge >= 0.3 is 11.9 Å². The van der Waals surface area contributed by atoms with Gasteiger partial charge < -0.3 is 29.7 Å². The van der Waals surface area contributed by atoms with Crippen LogP contribution in [0.25, 0.3) is 0 Å². The van der Waals surface area contributed by atoms with Crippen LogP contribution in [-0.2, 0) is 31.0 Å². The molecule has 0 aromatic heterocycles. The van der Waals surface area contributed by atoms with Crippen LogP contribution in [0.2, 0.25) is 0 Å². The van der Waals surface area contributed by atoms with E-state index in [0.717, 1.165) is 11.1 Å². The van der Waals surface area contributed by atoms with E-state index < -0.39 is 41.4 Å². The van der Waals surface area contributed by atoms with E-state index in [1.807, 2.05) is 13.1 Å². The van der Waals surface area contributed by atoms with Crippen LogP contribution in [0, 0.1) is 11.8 Å². The number of nitrogens with zero attached hydrogens (tertiary/aromatic N) is 1. The van der Waals surface area contributed by atoms with Crippen molar-refractivity contribution in [1.29, 1.82) is 0 Å². The monoisotopic (exact) mass is 485 g/mol.